The van der Waals surface area contributed by atoms with Gasteiger partial charge in [0, 0.05) is 30.9 Å². The van der Waals surface area contributed by atoms with Crippen LogP contribution in [0.5, 0.6) is 11.5 Å². The molecule has 1 atom stereocenters. The van der Waals surface area contributed by atoms with Crippen LogP contribution in [0.4, 0.5) is 5.69 Å². The fourth-order valence-corrected chi connectivity index (χ4v) is 3.35. The van der Waals surface area contributed by atoms with Gasteiger partial charge in [-0.2, -0.15) is 10.4 Å². The average Bonchev–Trinajstić information content (AvgIpc) is 3.05. The van der Waals surface area contributed by atoms with Gasteiger partial charge < -0.3 is 19.5 Å². The van der Waals surface area contributed by atoms with E-state index in [0.717, 1.165) is 6.42 Å². The normalized spacial score (nSPS) is 13.4. The van der Waals surface area contributed by atoms with Crippen molar-refractivity contribution in [3.8, 4) is 28.8 Å². The second-order valence-corrected chi connectivity index (χ2v) is 7.51. The average molecular weight is 446 g/mol. The molecule has 0 fully saturated rings. The smallest absolute Gasteiger partial charge is 0.342 e. The van der Waals surface area contributed by atoms with Crippen molar-refractivity contribution in [3.05, 3.63) is 59.8 Å². The van der Waals surface area contributed by atoms with Gasteiger partial charge in [0.05, 0.1) is 24.8 Å². The molecular weight excluding hydrogens is 424 g/mol. The molecule has 0 bridgehead atoms. The Labute approximate surface area is 190 Å². The number of benzene rings is 2. The standard InChI is InChI=1S/C24H22N4O5/c1-15(23(29)26-18-6-3-5-16(11-18)13-25)33-24(30)19-14-28(2)27-22(19)17-7-8-20-21(12-17)32-10-4-9-31-20/h3,5-8,11-12,14-15H,4,9-10H2,1-2H3,(H,26,29)/t15-/m1/s1. The predicted molar refractivity (Wildman–Crippen MR) is 119 cm³/mol. The number of nitriles is 1. The van der Waals surface area contributed by atoms with E-state index in [1.807, 2.05) is 6.07 Å². The predicted octanol–water partition coefficient (Wildman–Crippen LogP) is 3.30. The molecule has 0 radical (unpaired) electrons. The molecule has 0 unspecified atom stereocenters. The van der Waals surface area contributed by atoms with E-state index >= 15 is 0 Å². The highest BCUT2D eigenvalue weighted by Gasteiger charge is 2.24. The number of ether oxygens (including phenoxy) is 3. The molecule has 0 spiro atoms. The van der Waals surface area contributed by atoms with E-state index in [4.69, 9.17) is 19.5 Å². The number of nitrogens with zero attached hydrogens (tertiary/aromatic N) is 3. The van der Waals surface area contributed by atoms with E-state index < -0.39 is 18.0 Å². The summed E-state index contributed by atoms with van der Waals surface area (Å²) in [5.41, 5.74) is 2.15. The summed E-state index contributed by atoms with van der Waals surface area (Å²) in [6.45, 7) is 2.59. The summed E-state index contributed by atoms with van der Waals surface area (Å²) in [5, 5.41) is 16.0. The monoisotopic (exact) mass is 446 g/mol. The van der Waals surface area contributed by atoms with E-state index in [1.54, 1.807) is 49.6 Å². The van der Waals surface area contributed by atoms with E-state index in [1.165, 1.54) is 17.7 Å². The minimum absolute atomic E-state index is 0.220. The van der Waals surface area contributed by atoms with Crippen LogP contribution in [0.15, 0.2) is 48.7 Å². The van der Waals surface area contributed by atoms with Gasteiger partial charge in [0.15, 0.2) is 17.6 Å². The number of nitrogens with one attached hydrogen (secondary N) is 1. The first-order chi connectivity index (χ1) is 15.9. The number of hydrogen-bond acceptors (Lipinski definition) is 7. The Hall–Kier alpha value is -4.32. The number of esters is 1. The maximum absolute atomic E-state index is 12.9. The van der Waals surface area contributed by atoms with Crippen molar-refractivity contribution in [3.63, 3.8) is 0 Å². The fraction of sp³-hybridized carbons (Fsp3) is 0.250. The van der Waals surface area contributed by atoms with E-state index in [-0.39, 0.29) is 5.56 Å². The molecule has 1 aromatic heterocycles. The van der Waals surface area contributed by atoms with Gasteiger partial charge in [0.1, 0.15) is 11.3 Å². The minimum Gasteiger partial charge on any atom is -0.490 e. The van der Waals surface area contributed by atoms with Crippen LogP contribution in [-0.2, 0) is 16.6 Å². The molecule has 1 aliphatic heterocycles. The second-order valence-electron chi connectivity index (χ2n) is 7.51. The van der Waals surface area contributed by atoms with Crippen molar-refractivity contribution >= 4 is 17.6 Å². The number of anilines is 1. The number of fused-ring (bicyclic) bond motifs is 1. The molecule has 0 aliphatic carbocycles. The molecule has 9 nitrogen and oxygen atoms in total. The zero-order chi connectivity index (χ0) is 23.4. The Bertz CT molecular complexity index is 1240. The molecule has 168 valence electrons. The minimum atomic E-state index is -1.07. The zero-order valence-electron chi connectivity index (χ0n) is 18.2. The van der Waals surface area contributed by atoms with Gasteiger partial charge in [-0.25, -0.2) is 4.79 Å². The van der Waals surface area contributed by atoms with Crippen LogP contribution in [0.1, 0.15) is 29.3 Å². The molecule has 1 N–H and O–H groups in total. The Morgan fingerprint density at radius 3 is 2.76 bits per heavy atom. The van der Waals surface area contributed by atoms with Gasteiger partial charge in [-0.05, 0) is 43.3 Å². The molecule has 1 aliphatic rings. The lowest BCUT2D eigenvalue weighted by atomic mass is 10.1. The number of amides is 1. The topological polar surface area (TPSA) is 115 Å². The number of carbonyl (C=O) groups is 2. The lowest BCUT2D eigenvalue weighted by Crippen LogP contribution is -2.30. The first-order valence-electron chi connectivity index (χ1n) is 10.4. The molecule has 9 heteroatoms. The number of hydrogen-bond donors (Lipinski definition) is 1. The van der Waals surface area contributed by atoms with Crippen LogP contribution in [0.3, 0.4) is 0 Å². The van der Waals surface area contributed by atoms with Gasteiger partial charge in [-0.1, -0.05) is 6.07 Å². The van der Waals surface area contributed by atoms with Crippen LogP contribution in [0.2, 0.25) is 0 Å². The zero-order valence-corrected chi connectivity index (χ0v) is 18.2. The molecule has 33 heavy (non-hydrogen) atoms. The molecule has 1 amide bonds. The summed E-state index contributed by atoms with van der Waals surface area (Å²) in [7, 11) is 1.70. The highest BCUT2D eigenvalue weighted by molar-refractivity contribution is 6.00. The van der Waals surface area contributed by atoms with Crippen LogP contribution >= 0.6 is 0 Å². The van der Waals surface area contributed by atoms with Gasteiger partial charge >= 0.3 is 5.97 Å². The summed E-state index contributed by atoms with van der Waals surface area (Å²) in [5.74, 6) is 0.0301. The van der Waals surface area contributed by atoms with Crippen molar-refractivity contribution in [1.29, 1.82) is 5.26 Å². The highest BCUT2D eigenvalue weighted by atomic mass is 16.5. The third-order valence-corrected chi connectivity index (χ3v) is 4.98. The number of rotatable bonds is 5. The Morgan fingerprint density at radius 1 is 1.18 bits per heavy atom. The lowest BCUT2D eigenvalue weighted by Gasteiger charge is -2.14. The SMILES string of the molecule is C[C@@H](OC(=O)c1cn(C)nc1-c1ccc2c(c1)OCCCO2)C(=O)Nc1cccc(C#N)c1. The van der Waals surface area contributed by atoms with Crippen LogP contribution in [0.25, 0.3) is 11.3 Å². The molecular formula is C24H22N4O5. The van der Waals surface area contributed by atoms with E-state index in [0.29, 0.717) is 47.2 Å². The second kappa shape index (κ2) is 9.44. The highest BCUT2D eigenvalue weighted by Crippen LogP contribution is 2.35. The van der Waals surface area contributed by atoms with Crippen LogP contribution in [0, 0.1) is 11.3 Å². The van der Waals surface area contributed by atoms with Crippen LogP contribution in [-0.4, -0.2) is 41.0 Å². The number of aryl methyl sites for hydroxylation is 1. The summed E-state index contributed by atoms with van der Waals surface area (Å²) in [6.07, 6.45) is 1.26. The molecule has 0 saturated carbocycles. The lowest BCUT2D eigenvalue weighted by molar-refractivity contribution is -0.123. The summed E-state index contributed by atoms with van der Waals surface area (Å²) in [4.78, 5) is 25.4. The Balaban J connectivity index is 1.51. The van der Waals surface area contributed by atoms with Crippen molar-refractivity contribution in [2.45, 2.75) is 19.4 Å². The quantitative estimate of drug-likeness (QED) is 0.598. The molecule has 3 aromatic rings. The fourth-order valence-electron chi connectivity index (χ4n) is 3.35. The molecule has 0 saturated heterocycles. The van der Waals surface area contributed by atoms with Gasteiger partial charge in [0.25, 0.3) is 5.91 Å². The third kappa shape index (κ3) is 4.96. The van der Waals surface area contributed by atoms with Gasteiger partial charge in [0.2, 0.25) is 0 Å². The van der Waals surface area contributed by atoms with Crippen molar-refractivity contribution in [2.24, 2.45) is 7.05 Å². The number of aromatic nitrogens is 2. The molecule has 4 rings (SSSR count). The largest absolute Gasteiger partial charge is 0.490 e. The van der Waals surface area contributed by atoms with Gasteiger partial charge in [-0.15, -0.1) is 0 Å². The summed E-state index contributed by atoms with van der Waals surface area (Å²) >= 11 is 0. The maximum atomic E-state index is 12.9. The Kier molecular flexibility index (Phi) is 6.26. The third-order valence-electron chi connectivity index (χ3n) is 4.98. The first kappa shape index (κ1) is 21.9. The first-order valence-corrected chi connectivity index (χ1v) is 10.4. The summed E-state index contributed by atoms with van der Waals surface area (Å²) < 4.78 is 18.3. The van der Waals surface area contributed by atoms with Gasteiger partial charge in [-0.3, -0.25) is 9.48 Å². The van der Waals surface area contributed by atoms with Crippen molar-refractivity contribution < 1.29 is 23.8 Å². The van der Waals surface area contributed by atoms with Crippen molar-refractivity contribution in [1.82, 2.24) is 9.78 Å². The number of carbonyl (C=O) groups excluding carboxylic acids is 2. The molecule has 2 heterocycles. The molecule has 2 aromatic carbocycles. The van der Waals surface area contributed by atoms with E-state index in [9.17, 15) is 9.59 Å². The van der Waals surface area contributed by atoms with Crippen LogP contribution < -0.4 is 14.8 Å². The summed E-state index contributed by atoms with van der Waals surface area (Å²) in [6, 6.07) is 13.8. The maximum Gasteiger partial charge on any atom is 0.342 e. The van der Waals surface area contributed by atoms with Crippen molar-refractivity contribution in [2.75, 3.05) is 18.5 Å². The Morgan fingerprint density at radius 2 is 1.97 bits per heavy atom. The van der Waals surface area contributed by atoms with E-state index in [2.05, 4.69) is 10.4 Å².